The normalized spacial score (nSPS) is 16.2. The molecule has 0 saturated carbocycles. The summed E-state index contributed by atoms with van der Waals surface area (Å²) in [6, 6.07) is 9.93. The number of ether oxygens (including phenoxy) is 1. The molecule has 1 fully saturated rings. The Morgan fingerprint density at radius 3 is 2.54 bits per heavy atom. The number of hydrogen-bond acceptors (Lipinski definition) is 5. The molecule has 28 heavy (non-hydrogen) atoms. The van der Waals surface area contributed by atoms with Crippen LogP contribution in [-0.4, -0.2) is 35.7 Å². The first kappa shape index (κ1) is 20.5. The minimum atomic E-state index is -3.92. The second-order valence-corrected chi connectivity index (χ2v) is 10.4. The van der Waals surface area contributed by atoms with Gasteiger partial charge in [0.2, 0.25) is 10.0 Å². The molecule has 0 radical (unpaired) electrons. The highest BCUT2D eigenvalue weighted by atomic mass is 32.2. The Morgan fingerprint density at radius 1 is 1.14 bits per heavy atom. The fourth-order valence-corrected chi connectivity index (χ4v) is 6.01. The van der Waals surface area contributed by atoms with Crippen LogP contribution in [0, 0.1) is 13.8 Å². The van der Waals surface area contributed by atoms with Crippen molar-refractivity contribution in [2.45, 2.75) is 32.1 Å². The summed E-state index contributed by atoms with van der Waals surface area (Å²) < 4.78 is 59.8. The maximum absolute atomic E-state index is 13.0. The fourth-order valence-electron chi connectivity index (χ4n) is 3.10. The smallest absolute Gasteiger partial charge is 0.265 e. The monoisotopic (exact) mass is 424 g/mol. The van der Waals surface area contributed by atoms with Gasteiger partial charge in [0.15, 0.2) is 0 Å². The van der Waals surface area contributed by atoms with Crippen molar-refractivity contribution >= 4 is 31.4 Å². The molecule has 1 aliphatic rings. The Hall–Kier alpha value is -2.26. The third-order valence-corrected chi connectivity index (χ3v) is 7.80. The lowest BCUT2D eigenvalue weighted by molar-refractivity contribution is 0.331. The first-order chi connectivity index (χ1) is 13.1. The summed E-state index contributed by atoms with van der Waals surface area (Å²) in [6.45, 7) is 6.09. The Bertz CT molecular complexity index is 1100. The summed E-state index contributed by atoms with van der Waals surface area (Å²) in [5.41, 5.74) is 2.27. The van der Waals surface area contributed by atoms with E-state index >= 15 is 0 Å². The number of rotatable bonds is 6. The Morgan fingerprint density at radius 2 is 1.89 bits per heavy atom. The third kappa shape index (κ3) is 4.10. The van der Waals surface area contributed by atoms with Crippen LogP contribution < -0.4 is 13.8 Å². The van der Waals surface area contributed by atoms with Crippen molar-refractivity contribution in [3.63, 3.8) is 0 Å². The minimum Gasteiger partial charge on any atom is -0.492 e. The molecule has 0 spiro atoms. The van der Waals surface area contributed by atoms with Crippen molar-refractivity contribution in [3.05, 3.63) is 47.5 Å². The van der Waals surface area contributed by atoms with Gasteiger partial charge in [-0.25, -0.2) is 16.8 Å². The molecule has 1 N–H and O–H groups in total. The number of hydrogen-bond donors (Lipinski definition) is 1. The standard InChI is InChI=1S/C19H24N2O5S2/c1-4-26-18-9-6-14(2)12-19(18)28(24,25)20-17-13-16(8-7-15(17)3)21-10-5-11-27(21,22)23/h6-9,12-13,20H,4-5,10-11H2,1-3H3. The van der Waals surface area contributed by atoms with Crippen LogP contribution in [-0.2, 0) is 20.0 Å². The van der Waals surface area contributed by atoms with Gasteiger partial charge in [0, 0.05) is 6.54 Å². The van der Waals surface area contributed by atoms with Crippen LogP contribution in [0.1, 0.15) is 24.5 Å². The summed E-state index contributed by atoms with van der Waals surface area (Å²) in [6.07, 6.45) is 0.554. The van der Waals surface area contributed by atoms with E-state index in [2.05, 4.69) is 4.72 Å². The molecule has 0 aromatic heterocycles. The molecule has 0 aliphatic carbocycles. The lowest BCUT2D eigenvalue weighted by Gasteiger charge is -2.20. The van der Waals surface area contributed by atoms with Crippen LogP contribution in [0.3, 0.4) is 0 Å². The Kier molecular flexibility index (Phi) is 5.58. The Balaban J connectivity index is 1.99. The number of sulfonamides is 2. The molecule has 1 saturated heterocycles. The van der Waals surface area contributed by atoms with E-state index in [-0.39, 0.29) is 16.4 Å². The van der Waals surface area contributed by atoms with Crippen LogP contribution >= 0.6 is 0 Å². The van der Waals surface area contributed by atoms with E-state index in [1.165, 1.54) is 4.31 Å². The predicted molar refractivity (Wildman–Crippen MR) is 110 cm³/mol. The van der Waals surface area contributed by atoms with Crippen molar-refractivity contribution in [3.8, 4) is 5.75 Å². The molecule has 0 amide bonds. The van der Waals surface area contributed by atoms with E-state index < -0.39 is 20.0 Å². The average Bonchev–Trinajstić information content (AvgIpc) is 2.97. The third-order valence-electron chi connectivity index (χ3n) is 4.54. The SMILES string of the molecule is CCOc1ccc(C)cc1S(=O)(=O)Nc1cc(N2CCCS2(=O)=O)ccc1C. The fraction of sp³-hybridized carbons (Fsp3) is 0.368. The molecule has 0 bridgehead atoms. The molecule has 0 atom stereocenters. The number of benzene rings is 2. The van der Waals surface area contributed by atoms with E-state index in [4.69, 9.17) is 4.74 Å². The van der Waals surface area contributed by atoms with Gasteiger partial charge in [-0.2, -0.15) is 0 Å². The summed E-state index contributed by atoms with van der Waals surface area (Å²) in [7, 11) is -7.27. The van der Waals surface area contributed by atoms with Crippen molar-refractivity contribution < 1.29 is 21.6 Å². The molecule has 3 rings (SSSR count). The molecule has 7 nitrogen and oxygen atoms in total. The molecule has 2 aromatic rings. The molecule has 1 heterocycles. The van der Waals surface area contributed by atoms with Gasteiger partial charge >= 0.3 is 0 Å². The lowest BCUT2D eigenvalue weighted by atomic mass is 10.2. The maximum atomic E-state index is 13.0. The van der Waals surface area contributed by atoms with Gasteiger partial charge < -0.3 is 4.74 Å². The van der Waals surface area contributed by atoms with Gasteiger partial charge in [-0.05, 0) is 62.6 Å². The van der Waals surface area contributed by atoms with Crippen LogP contribution in [0.2, 0.25) is 0 Å². The van der Waals surface area contributed by atoms with E-state index in [9.17, 15) is 16.8 Å². The first-order valence-corrected chi connectivity index (χ1v) is 12.1. The first-order valence-electron chi connectivity index (χ1n) is 9.01. The Labute approximate surface area is 166 Å². The van der Waals surface area contributed by atoms with Gasteiger partial charge in [0.25, 0.3) is 10.0 Å². The molecule has 1 aliphatic heterocycles. The molecular weight excluding hydrogens is 400 g/mol. The quantitative estimate of drug-likeness (QED) is 0.769. The summed E-state index contributed by atoms with van der Waals surface area (Å²) in [5, 5.41) is 0. The number of anilines is 2. The zero-order valence-corrected chi connectivity index (χ0v) is 17.7. The highest BCUT2D eigenvalue weighted by Crippen LogP contribution is 2.32. The van der Waals surface area contributed by atoms with Gasteiger partial charge in [0.05, 0.1) is 23.7 Å². The highest BCUT2D eigenvalue weighted by Gasteiger charge is 2.29. The summed E-state index contributed by atoms with van der Waals surface area (Å²) in [4.78, 5) is 0.0490. The van der Waals surface area contributed by atoms with Crippen molar-refractivity contribution in [1.29, 1.82) is 0 Å². The number of aryl methyl sites for hydroxylation is 2. The zero-order chi connectivity index (χ0) is 20.5. The largest absolute Gasteiger partial charge is 0.492 e. The summed E-state index contributed by atoms with van der Waals surface area (Å²) >= 11 is 0. The molecular formula is C19H24N2O5S2. The number of nitrogens with one attached hydrogen (secondary N) is 1. The molecule has 152 valence electrons. The van der Waals surface area contributed by atoms with Crippen molar-refractivity contribution in [2.75, 3.05) is 27.9 Å². The van der Waals surface area contributed by atoms with Gasteiger partial charge in [-0.3, -0.25) is 9.03 Å². The zero-order valence-electron chi connectivity index (χ0n) is 16.1. The van der Waals surface area contributed by atoms with E-state index in [0.29, 0.717) is 36.5 Å². The molecule has 9 heteroatoms. The lowest BCUT2D eigenvalue weighted by Crippen LogP contribution is -2.25. The van der Waals surface area contributed by atoms with E-state index in [1.807, 2.05) is 0 Å². The maximum Gasteiger partial charge on any atom is 0.265 e. The van der Waals surface area contributed by atoms with E-state index in [0.717, 1.165) is 5.56 Å². The second kappa shape index (κ2) is 7.63. The minimum absolute atomic E-state index is 0.0490. The number of nitrogens with zero attached hydrogens (tertiary/aromatic N) is 1. The van der Waals surface area contributed by atoms with Gasteiger partial charge in [-0.15, -0.1) is 0 Å². The van der Waals surface area contributed by atoms with Crippen LogP contribution in [0.5, 0.6) is 5.75 Å². The van der Waals surface area contributed by atoms with Crippen LogP contribution in [0.4, 0.5) is 11.4 Å². The molecule has 2 aromatic carbocycles. The highest BCUT2D eigenvalue weighted by molar-refractivity contribution is 7.93. The topological polar surface area (TPSA) is 92.8 Å². The van der Waals surface area contributed by atoms with Crippen LogP contribution in [0.15, 0.2) is 41.3 Å². The van der Waals surface area contributed by atoms with Crippen molar-refractivity contribution in [2.24, 2.45) is 0 Å². The average molecular weight is 425 g/mol. The van der Waals surface area contributed by atoms with Gasteiger partial charge in [0.1, 0.15) is 10.6 Å². The predicted octanol–water partition coefficient (Wildman–Crippen LogP) is 3.04. The van der Waals surface area contributed by atoms with Crippen LogP contribution in [0.25, 0.3) is 0 Å². The second-order valence-electron chi connectivity index (χ2n) is 6.73. The van der Waals surface area contributed by atoms with Gasteiger partial charge in [-0.1, -0.05) is 12.1 Å². The van der Waals surface area contributed by atoms with E-state index in [1.54, 1.807) is 57.2 Å². The molecule has 0 unspecified atom stereocenters. The summed E-state index contributed by atoms with van der Waals surface area (Å²) in [5.74, 6) is 0.375. The van der Waals surface area contributed by atoms with Crippen molar-refractivity contribution in [1.82, 2.24) is 0 Å².